The summed E-state index contributed by atoms with van der Waals surface area (Å²) in [7, 11) is 0. The number of hydrogen-bond acceptors (Lipinski definition) is 5. The van der Waals surface area contributed by atoms with Crippen LogP contribution < -0.4 is 10.1 Å². The fourth-order valence-electron chi connectivity index (χ4n) is 1.37. The van der Waals surface area contributed by atoms with Gasteiger partial charge in [0.25, 0.3) is 0 Å². The Bertz CT molecular complexity index is 521. The summed E-state index contributed by atoms with van der Waals surface area (Å²) in [5.41, 5.74) is 0.912. The molecule has 2 rings (SSSR count). The average molecular weight is 309 g/mol. The molecule has 0 radical (unpaired) electrons. The zero-order valence-corrected chi connectivity index (χ0v) is 11.5. The maximum atomic E-state index is 5.30. The normalized spacial score (nSPS) is 10.1. The molecule has 0 bridgehead atoms. The van der Waals surface area contributed by atoms with Gasteiger partial charge in [-0.15, -0.1) is 0 Å². The van der Waals surface area contributed by atoms with E-state index in [0.29, 0.717) is 25.0 Å². The van der Waals surface area contributed by atoms with Gasteiger partial charge in [-0.2, -0.15) is 4.98 Å². The molecule has 94 valence electrons. The summed E-state index contributed by atoms with van der Waals surface area (Å²) in [5, 5.41) is 3.10. The largest absolute Gasteiger partial charge is 0.478 e. The molecule has 1 N–H and O–H groups in total. The van der Waals surface area contributed by atoms with Crippen molar-refractivity contribution < 1.29 is 4.74 Å². The lowest BCUT2D eigenvalue weighted by Crippen LogP contribution is -2.06. The minimum Gasteiger partial charge on any atom is -0.478 e. The summed E-state index contributed by atoms with van der Waals surface area (Å²) < 4.78 is 6.30. The number of nitrogens with one attached hydrogen (secondary N) is 1. The van der Waals surface area contributed by atoms with E-state index in [9.17, 15) is 0 Å². The predicted octanol–water partition coefficient (Wildman–Crippen LogP) is 2.64. The van der Waals surface area contributed by atoms with Crippen molar-refractivity contribution in [2.24, 2.45) is 0 Å². The fourth-order valence-corrected chi connectivity index (χ4v) is 1.75. The minimum absolute atomic E-state index is 0.530. The first-order valence-electron chi connectivity index (χ1n) is 5.58. The molecule has 18 heavy (non-hydrogen) atoms. The number of rotatable bonds is 5. The van der Waals surface area contributed by atoms with Crippen molar-refractivity contribution in [2.45, 2.75) is 13.5 Å². The Kier molecular flexibility index (Phi) is 4.46. The second-order valence-electron chi connectivity index (χ2n) is 3.47. The summed E-state index contributed by atoms with van der Waals surface area (Å²) in [6.07, 6.45) is 3.41. The average Bonchev–Trinajstić information content (AvgIpc) is 2.37. The highest BCUT2D eigenvalue weighted by molar-refractivity contribution is 9.10. The lowest BCUT2D eigenvalue weighted by molar-refractivity contribution is 0.326. The second kappa shape index (κ2) is 6.30. The lowest BCUT2D eigenvalue weighted by Gasteiger charge is -2.06. The quantitative estimate of drug-likeness (QED) is 0.920. The molecule has 5 nitrogen and oxygen atoms in total. The van der Waals surface area contributed by atoms with E-state index < -0.39 is 0 Å². The third kappa shape index (κ3) is 3.66. The van der Waals surface area contributed by atoms with Gasteiger partial charge >= 0.3 is 0 Å². The zero-order chi connectivity index (χ0) is 12.8. The van der Waals surface area contributed by atoms with Crippen molar-refractivity contribution in [2.75, 3.05) is 11.9 Å². The Morgan fingerprint density at radius 2 is 2.11 bits per heavy atom. The zero-order valence-electron chi connectivity index (χ0n) is 9.93. The van der Waals surface area contributed by atoms with Crippen LogP contribution in [0.5, 0.6) is 5.88 Å². The van der Waals surface area contributed by atoms with Gasteiger partial charge in [0.15, 0.2) is 0 Å². The van der Waals surface area contributed by atoms with Crippen LogP contribution in [0.2, 0.25) is 0 Å². The van der Waals surface area contributed by atoms with E-state index in [-0.39, 0.29) is 0 Å². The number of pyridine rings is 1. The Morgan fingerprint density at radius 1 is 1.28 bits per heavy atom. The van der Waals surface area contributed by atoms with Crippen LogP contribution in [0.3, 0.4) is 0 Å². The van der Waals surface area contributed by atoms with Gasteiger partial charge in [0.05, 0.1) is 18.8 Å². The van der Waals surface area contributed by atoms with Crippen molar-refractivity contribution in [3.05, 3.63) is 40.8 Å². The van der Waals surface area contributed by atoms with Crippen LogP contribution in [0, 0.1) is 0 Å². The van der Waals surface area contributed by atoms with Crippen molar-refractivity contribution >= 4 is 21.9 Å². The van der Waals surface area contributed by atoms with Gasteiger partial charge in [-0.3, -0.25) is 4.98 Å². The molecule has 0 aromatic carbocycles. The van der Waals surface area contributed by atoms with Gasteiger partial charge in [0, 0.05) is 22.9 Å². The van der Waals surface area contributed by atoms with Crippen LogP contribution >= 0.6 is 15.9 Å². The van der Waals surface area contributed by atoms with Crippen LogP contribution in [-0.4, -0.2) is 21.6 Å². The van der Waals surface area contributed by atoms with E-state index in [1.165, 1.54) is 0 Å². The molecule has 0 fully saturated rings. The summed E-state index contributed by atoms with van der Waals surface area (Å²) in [6.45, 7) is 3.07. The van der Waals surface area contributed by atoms with Crippen LogP contribution in [0.1, 0.15) is 12.6 Å². The molecule has 0 amide bonds. The summed E-state index contributed by atoms with van der Waals surface area (Å²) in [6, 6.07) is 5.56. The summed E-state index contributed by atoms with van der Waals surface area (Å²) >= 11 is 3.40. The first kappa shape index (κ1) is 12.8. The van der Waals surface area contributed by atoms with Crippen LogP contribution in [0.25, 0.3) is 0 Å². The fraction of sp³-hybridized carbons (Fsp3) is 0.250. The molecule has 0 aliphatic carbocycles. The smallest absolute Gasteiger partial charge is 0.226 e. The SMILES string of the molecule is CCOc1ccnc(NCc2cc(Br)ccn2)n1. The molecule has 6 heteroatoms. The summed E-state index contributed by atoms with van der Waals surface area (Å²) in [4.78, 5) is 12.6. The molecule has 0 aliphatic heterocycles. The van der Waals surface area contributed by atoms with Crippen molar-refractivity contribution in [3.63, 3.8) is 0 Å². The van der Waals surface area contributed by atoms with E-state index in [1.54, 1.807) is 18.5 Å². The summed E-state index contributed by atoms with van der Waals surface area (Å²) in [5.74, 6) is 1.10. The van der Waals surface area contributed by atoms with E-state index in [0.717, 1.165) is 10.2 Å². The molecule has 0 saturated carbocycles. The number of nitrogens with zero attached hydrogens (tertiary/aromatic N) is 3. The maximum Gasteiger partial charge on any atom is 0.226 e. The molecule has 0 unspecified atom stereocenters. The monoisotopic (exact) mass is 308 g/mol. The van der Waals surface area contributed by atoms with Gasteiger partial charge in [-0.1, -0.05) is 15.9 Å². The highest BCUT2D eigenvalue weighted by atomic mass is 79.9. The molecule has 0 saturated heterocycles. The van der Waals surface area contributed by atoms with E-state index >= 15 is 0 Å². The number of halogens is 1. The molecule has 2 aromatic rings. The third-order valence-corrected chi connectivity index (χ3v) is 2.62. The van der Waals surface area contributed by atoms with Crippen molar-refractivity contribution in [3.8, 4) is 5.88 Å². The molecule has 0 atom stereocenters. The van der Waals surface area contributed by atoms with E-state index in [1.807, 2.05) is 19.1 Å². The molecule has 0 spiro atoms. The minimum atomic E-state index is 0.530. The van der Waals surface area contributed by atoms with E-state index in [4.69, 9.17) is 4.74 Å². The highest BCUT2D eigenvalue weighted by Gasteiger charge is 2.00. The third-order valence-electron chi connectivity index (χ3n) is 2.13. The first-order valence-corrected chi connectivity index (χ1v) is 6.37. The van der Waals surface area contributed by atoms with Gasteiger partial charge < -0.3 is 10.1 Å². The Morgan fingerprint density at radius 3 is 2.89 bits per heavy atom. The lowest BCUT2D eigenvalue weighted by atomic mass is 10.3. The molecular weight excluding hydrogens is 296 g/mol. The molecule has 0 aliphatic rings. The molecular formula is C12H13BrN4O. The topological polar surface area (TPSA) is 59.9 Å². The molecule has 2 heterocycles. The number of anilines is 1. The Hall–Kier alpha value is -1.69. The van der Waals surface area contributed by atoms with Crippen molar-refractivity contribution in [1.29, 1.82) is 0 Å². The number of ether oxygens (including phenoxy) is 1. The first-order chi connectivity index (χ1) is 8.78. The van der Waals surface area contributed by atoms with Crippen LogP contribution in [0.15, 0.2) is 35.1 Å². The van der Waals surface area contributed by atoms with Crippen molar-refractivity contribution in [1.82, 2.24) is 15.0 Å². The standard InChI is InChI=1S/C12H13BrN4O/c1-2-18-11-4-6-15-12(17-11)16-8-10-7-9(13)3-5-14-10/h3-7H,2,8H2,1H3,(H,15,16,17). The number of hydrogen-bond donors (Lipinski definition) is 1. The Labute approximate surface area is 114 Å². The number of aromatic nitrogens is 3. The van der Waals surface area contributed by atoms with E-state index in [2.05, 4.69) is 36.2 Å². The van der Waals surface area contributed by atoms with Gasteiger partial charge in [-0.05, 0) is 19.1 Å². The van der Waals surface area contributed by atoms with Crippen LogP contribution in [0.4, 0.5) is 5.95 Å². The van der Waals surface area contributed by atoms with Gasteiger partial charge in [0.1, 0.15) is 0 Å². The second-order valence-corrected chi connectivity index (χ2v) is 4.39. The highest BCUT2D eigenvalue weighted by Crippen LogP contribution is 2.11. The Balaban J connectivity index is 1.99. The maximum absolute atomic E-state index is 5.30. The van der Waals surface area contributed by atoms with Gasteiger partial charge in [-0.25, -0.2) is 4.98 Å². The molecule has 2 aromatic heterocycles. The van der Waals surface area contributed by atoms with Gasteiger partial charge in [0.2, 0.25) is 11.8 Å². The predicted molar refractivity (Wildman–Crippen MR) is 72.5 cm³/mol. The van der Waals surface area contributed by atoms with Crippen LogP contribution in [-0.2, 0) is 6.54 Å².